The number of para-hydroxylation sites is 1. The molecule has 0 aliphatic carbocycles. The molecule has 1 aromatic rings. The summed E-state index contributed by atoms with van der Waals surface area (Å²) >= 11 is 4.74. The molecule has 0 bridgehead atoms. The predicted molar refractivity (Wildman–Crippen MR) is 58.3 cm³/mol. The molecule has 1 aliphatic heterocycles. The Kier molecular flexibility index (Phi) is 2.66. The first kappa shape index (κ1) is 10.1. The number of thiocarbonyl (C=S) groups is 1. The van der Waals surface area contributed by atoms with E-state index in [9.17, 15) is 5.11 Å². The Morgan fingerprint density at radius 3 is 3.00 bits per heavy atom. The van der Waals surface area contributed by atoms with Crippen molar-refractivity contribution in [3.8, 4) is 5.75 Å². The second-order valence-corrected chi connectivity index (χ2v) is 3.45. The van der Waals surface area contributed by atoms with Crippen molar-refractivity contribution >= 4 is 23.5 Å². The Balaban J connectivity index is 2.25. The number of hydrogen-bond donors (Lipinski definition) is 2. The number of fused-ring (bicyclic) bond motifs is 1. The van der Waals surface area contributed by atoms with Gasteiger partial charge < -0.3 is 20.0 Å². The molecule has 0 saturated heterocycles. The van der Waals surface area contributed by atoms with Crippen LogP contribution in [0.3, 0.4) is 0 Å². The van der Waals surface area contributed by atoms with Crippen LogP contribution in [0.1, 0.15) is 11.7 Å². The van der Waals surface area contributed by atoms with Gasteiger partial charge in [0.05, 0.1) is 6.21 Å². The molecule has 0 aromatic heterocycles. The summed E-state index contributed by atoms with van der Waals surface area (Å²) in [6.07, 6.45) is -0.793. The molecule has 2 atom stereocenters. The molecule has 4 nitrogen and oxygen atoms in total. The lowest BCUT2D eigenvalue weighted by molar-refractivity contribution is -0.0750. The van der Waals surface area contributed by atoms with Crippen molar-refractivity contribution in [3.05, 3.63) is 29.8 Å². The van der Waals surface area contributed by atoms with Gasteiger partial charge in [-0.3, -0.25) is 0 Å². The summed E-state index contributed by atoms with van der Waals surface area (Å²) in [6.45, 7) is 0. The van der Waals surface area contributed by atoms with E-state index in [1.54, 1.807) is 12.1 Å². The normalized spacial score (nSPS) is 22.7. The van der Waals surface area contributed by atoms with Crippen LogP contribution in [0.25, 0.3) is 0 Å². The van der Waals surface area contributed by atoms with Crippen molar-refractivity contribution in [2.24, 2.45) is 0 Å². The number of aliphatic hydroxyl groups excluding tert-OH is 1. The van der Waals surface area contributed by atoms with Crippen LogP contribution in [0.2, 0.25) is 0 Å². The fourth-order valence-electron chi connectivity index (χ4n) is 1.45. The average Bonchev–Trinajstić information content (AvgIpc) is 2.55. The van der Waals surface area contributed by atoms with Crippen molar-refractivity contribution in [1.29, 1.82) is 5.41 Å². The van der Waals surface area contributed by atoms with E-state index in [0.717, 1.165) is 11.8 Å². The molecule has 1 heterocycles. The average molecular weight is 223 g/mol. The quantitative estimate of drug-likeness (QED) is 0.588. The fraction of sp³-hybridized carbons (Fsp3) is 0.200. The van der Waals surface area contributed by atoms with Crippen LogP contribution in [0.15, 0.2) is 24.3 Å². The fourth-order valence-corrected chi connectivity index (χ4v) is 1.55. The van der Waals surface area contributed by atoms with E-state index in [2.05, 4.69) is 0 Å². The highest BCUT2D eigenvalue weighted by molar-refractivity contribution is 7.81. The van der Waals surface area contributed by atoms with Crippen molar-refractivity contribution in [2.75, 3.05) is 0 Å². The molecule has 0 radical (unpaired) electrons. The molecule has 2 N–H and O–H groups in total. The summed E-state index contributed by atoms with van der Waals surface area (Å²) in [4.78, 5) is 0. The smallest absolute Gasteiger partial charge is 0.239 e. The third-order valence-corrected chi connectivity index (χ3v) is 2.31. The largest absolute Gasteiger partial charge is 0.467 e. The maximum absolute atomic E-state index is 9.57. The Morgan fingerprint density at radius 1 is 1.53 bits per heavy atom. The van der Waals surface area contributed by atoms with Gasteiger partial charge in [0.15, 0.2) is 6.10 Å². The molecular formula is C10H9NO3S. The van der Waals surface area contributed by atoms with Crippen molar-refractivity contribution in [1.82, 2.24) is 0 Å². The van der Waals surface area contributed by atoms with Gasteiger partial charge >= 0.3 is 0 Å². The Labute approximate surface area is 92.0 Å². The number of nitrogens with one attached hydrogen (secondary N) is 1. The zero-order valence-corrected chi connectivity index (χ0v) is 8.53. The molecule has 1 aromatic carbocycles. The highest BCUT2D eigenvalue weighted by Crippen LogP contribution is 2.37. The first-order valence-electron chi connectivity index (χ1n) is 4.37. The maximum Gasteiger partial charge on any atom is 0.239 e. The third kappa shape index (κ3) is 1.84. The SMILES string of the molecule is N=CC(=S)OC1c2ccccc2OC1O. The zero-order chi connectivity index (χ0) is 10.8. The maximum atomic E-state index is 9.57. The van der Waals surface area contributed by atoms with Gasteiger partial charge in [-0.05, 0) is 18.3 Å². The topological polar surface area (TPSA) is 62.5 Å². The lowest BCUT2D eigenvalue weighted by Gasteiger charge is -2.14. The molecular weight excluding hydrogens is 214 g/mol. The number of rotatable bonds is 2. The van der Waals surface area contributed by atoms with Crippen LogP contribution >= 0.6 is 12.2 Å². The number of benzene rings is 1. The molecule has 2 rings (SSSR count). The minimum atomic E-state index is -1.07. The van der Waals surface area contributed by atoms with Crippen LogP contribution in [-0.4, -0.2) is 22.7 Å². The summed E-state index contributed by atoms with van der Waals surface area (Å²) < 4.78 is 10.4. The highest BCUT2D eigenvalue weighted by atomic mass is 32.1. The lowest BCUT2D eigenvalue weighted by Crippen LogP contribution is -2.22. The molecule has 0 amide bonds. The number of aliphatic hydroxyl groups is 1. The van der Waals surface area contributed by atoms with E-state index >= 15 is 0 Å². The molecule has 0 saturated carbocycles. The third-order valence-electron chi connectivity index (χ3n) is 2.09. The van der Waals surface area contributed by atoms with Gasteiger partial charge in [0.2, 0.25) is 11.3 Å². The van der Waals surface area contributed by atoms with Crippen LogP contribution in [0.4, 0.5) is 0 Å². The Hall–Kier alpha value is -1.46. The summed E-state index contributed by atoms with van der Waals surface area (Å²) in [5.74, 6) is 0.586. The van der Waals surface area contributed by atoms with Crippen molar-refractivity contribution < 1.29 is 14.6 Å². The molecule has 78 valence electrons. The van der Waals surface area contributed by atoms with Gasteiger partial charge in [-0.25, -0.2) is 0 Å². The molecule has 2 unspecified atom stereocenters. The number of hydrogen-bond acceptors (Lipinski definition) is 5. The van der Waals surface area contributed by atoms with E-state index in [0.29, 0.717) is 5.75 Å². The summed E-state index contributed by atoms with van der Waals surface area (Å²) in [6, 6.07) is 7.17. The minimum Gasteiger partial charge on any atom is -0.467 e. The second-order valence-electron chi connectivity index (χ2n) is 3.05. The predicted octanol–water partition coefficient (Wildman–Crippen LogP) is 1.43. The summed E-state index contributed by atoms with van der Waals surface area (Å²) in [5, 5.41) is 16.5. The standard InChI is InChI=1S/C10H9NO3S/c11-5-8(15)14-9-6-3-1-2-4-7(6)13-10(9)12/h1-5,9-12H. The highest BCUT2D eigenvalue weighted by Gasteiger charge is 2.34. The Bertz CT molecular complexity index is 407. The van der Waals surface area contributed by atoms with E-state index in [4.69, 9.17) is 27.1 Å². The minimum absolute atomic E-state index is 0.0272. The van der Waals surface area contributed by atoms with Gasteiger partial charge in [-0.2, -0.15) is 0 Å². The molecule has 0 spiro atoms. The van der Waals surface area contributed by atoms with Gasteiger partial charge in [0, 0.05) is 5.56 Å². The number of ether oxygens (including phenoxy) is 2. The first-order chi connectivity index (χ1) is 7.22. The molecule has 5 heteroatoms. The van der Waals surface area contributed by atoms with Gasteiger partial charge in [0.25, 0.3) is 0 Å². The van der Waals surface area contributed by atoms with E-state index in [1.165, 1.54) is 0 Å². The lowest BCUT2D eigenvalue weighted by atomic mass is 10.1. The van der Waals surface area contributed by atoms with Crippen LogP contribution in [-0.2, 0) is 4.74 Å². The summed E-state index contributed by atoms with van der Waals surface area (Å²) in [7, 11) is 0. The molecule has 1 aliphatic rings. The van der Waals surface area contributed by atoms with Crippen LogP contribution < -0.4 is 4.74 Å². The van der Waals surface area contributed by atoms with Crippen molar-refractivity contribution in [3.63, 3.8) is 0 Å². The van der Waals surface area contributed by atoms with Gasteiger partial charge in [-0.1, -0.05) is 18.2 Å². The van der Waals surface area contributed by atoms with Gasteiger partial charge in [0.1, 0.15) is 5.75 Å². The first-order valence-corrected chi connectivity index (χ1v) is 4.78. The zero-order valence-electron chi connectivity index (χ0n) is 7.71. The van der Waals surface area contributed by atoms with E-state index < -0.39 is 12.4 Å². The molecule has 0 fully saturated rings. The van der Waals surface area contributed by atoms with Crippen molar-refractivity contribution in [2.45, 2.75) is 12.4 Å². The summed E-state index contributed by atoms with van der Waals surface area (Å²) in [5.41, 5.74) is 0.745. The van der Waals surface area contributed by atoms with E-state index in [1.807, 2.05) is 12.1 Å². The van der Waals surface area contributed by atoms with Gasteiger partial charge in [-0.15, -0.1) is 0 Å². The second kappa shape index (κ2) is 3.96. The monoisotopic (exact) mass is 223 g/mol. The Morgan fingerprint density at radius 2 is 2.27 bits per heavy atom. The molecule has 15 heavy (non-hydrogen) atoms. The van der Waals surface area contributed by atoms with Crippen LogP contribution in [0, 0.1) is 5.41 Å². The van der Waals surface area contributed by atoms with Crippen LogP contribution in [0.5, 0.6) is 5.75 Å². The van der Waals surface area contributed by atoms with E-state index in [-0.39, 0.29) is 5.05 Å².